The fourth-order valence-electron chi connectivity index (χ4n) is 2.07. The Kier molecular flexibility index (Phi) is 4.45. The quantitative estimate of drug-likeness (QED) is 0.913. The van der Waals surface area contributed by atoms with Crippen LogP contribution in [0.2, 0.25) is 0 Å². The molecular weight excluding hydrogens is 278 g/mol. The average molecular weight is 299 g/mol. The third kappa shape index (κ3) is 3.81. The van der Waals surface area contributed by atoms with Crippen molar-refractivity contribution in [3.8, 4) is 0 Å². The third-order valence-corrected chi connectivity index (χ3v) is 3.57. The largest absolute Gasteiger partial charge is 0.347 e. The molecule has 0 aliphatic heterocycles. The van der Waals surface area contributed by atoms with Crippen LogP contribution in [-0.2, 0) is 12.0 Å². The predicted octanol–water partition coefficient (Wildman–Crippen LogP) is 2.31. The number of amides is 1. The van der Waals surface area contributed by atoms with Gasteiger partial charge in [0.05, 0.1) is 0 Å². The number of H-pyrrole nitrogens is 1. The van der Waals surface area contributed by atoms with Crippen LogP contribution in [0.15, 0.2) is 35.1 Å². The van der Waals surface area contributed by atoms with Crippen molar-refractivity contribution in [1.82, 2.24) is 15.5 Å². The predicted molar refractivity (Wildman–Crippen MR) is 85.9 cm³/mol. The number of aromatic nitrogens is 2. The Hall–Kier alpha value is -2.43. The molecule has 1 aromatic heterocycles. The van der Waals surface area contributed by atoms with Crippen molar-refractivity contribution in [3.63, 3.8) is 0 Å². The molecule has 5 heteroatoms. The van der Waals surface area contributed by atoms with E-state index in [1.807, 2.05) is 6.92 Å². The Morgan fingerprint density at radius 2 is 1.95 bits per heavy atom. The Morgan fingerprint density at radius 3 is 2.55 bits per heavy atom. The van der Waals surface area contributed by atoms with Crippen molar-refractivity contribution >= 4 is 5.91 Å². The normalized spacial score (nSPS) is 11.3. The number of carbonyl (C=O) groups is 1. The van der Waals surface area contributed by atoms with Gasteiger partial charge in [0.15, 0.2) is 0 Å². The van der Waals surface area contributed by atoms with E-state index in [-0.39, 0.29) is 22.6 Å². The van der Waals surface area contributed by atoms with Crippen LogP contribution < -0.4 is 10.9 Å². The van der Waals surface area contributed by atoms with Gasteiger partial charge in [-0.3, -0.25) is 9.59 Å². The molecule has 0 bridgehead atoms. The first-order chi connectivity index (χ1) is 10.3. The molecule has 0 unspecified atom stereocenters. The van der Waals surface area contributed by atoms with E-state index in [2.05, 4.69) is 54.5 Å². The summed E-state index contributed by atoms with van der Waals surface area (Å²) in [6.45, 7) is 8.92. The summed E-state index contributed by atoms with van der Waals surface area (Å²) in [6, 6.07) is 9.00. The van der Waals surface area contributed by atoms with Gasteiger partial charge in [0, 0.05) is 12.6 Å². The van der Waals surface area contributed by atoms with Gasteiger partial charge in [-0.15, -0.1) is 0 Å². The molecule has 0 aliphatic rings. The highest BCUT2D eigenvalue weighted by atomic mass is 16.2. The first-order valence-electron chi connectivity index (χ1n) is 7.21. The van der Waals surface area contributed by atoms with E-state index in [1.165, 1.54) is 17.7 Å². The molecule has 1 aromatic carbocycles. The summed E-state index contributed by atoms with van der Waals surface area (Å²) in [6.07, 6.45) is 0. The van der Waals surface area contributed by atoms with Crippen LogP contribution in [0.1, 0.15) is 48.0 Å². The summed E-state index contributed by atoms with van der Waals surface area (Å²) in [4.78, 5) is 23.0. The SMILES string of the molecule is Cc1ccc(C(C)(C)C)cc1CNC(=O)c1ccc(=O)[nH]n1. The Labute approximate surface area is 129 Å². The lowest BCUT2D eigenvalue weighted by molar-refractivity contribution is 0.0944. The van der Waals surface area contributed by atoms with E-state index >= 15 is 0 Å². The number of aryl methyl sites for hydroxylation is 1. The standard InChI is InChI=1S/C17H21N3O2/c1-11-5-6-13(17(2,3)4)9-12(11)10-18-16(22)14-7-8-15(21)20-19-14/h5-9H,10H2,1-4H3,(H,18,22)(H,20,21). The minimum Gasteiger partial charge on any atom is -0.347 e. The maximum atomic E-state index is 12.0. The summed E-state index contributed by atoms with van der Waals surface area (Å²) in [5.41, 5.74) is 3.36. The summed E-state index contributed by atoms with van der Waals surface area (Å²) in [7, 11) is 0. The summed E-state index contributed by atoms with van der Waals surface area (Å²) >= 11 is 0. The monoisotopic (exact) mass is 299 g/mol. The van der Waals surface area contributed by atoms with E-state index < -0.39 is 0 Å². The van der Waals surface area contributed by atoms with E-state index in [0.717, 1.165) is 11.1 Å². The molecule has 0 spiro atoms. The number of aromatic amines is 1. The van der Waals surface area contributed by atoms with Crippen molar-refractivity contribution in [2.45, 2.75) is 39.7 Å². The minimum atomic E-state index is -0.328. The van der Waals surface area contributed by atoms with Crippen LogP contribution in [0.25, 0.3) is 0 Å². The molecule has 0 saturated heterocycles. The van der Waals surface area contributed by atoms with Crippen LogP contribution in [-0.4, -0.2) is 16.1 Å². The molecule has 2 aromatic rings. The molecule has 0 fully saturated rings. The van der Waals surface area contributed by atoms with Gasteiger partial charge < -0.3 is 5.32 Å². The average Bonchev–Trinajstić information content (AvgIpc) is 2.45. The highest BCUT2D eigenvalue weighted by Gasteiger charge is 2.15. The molecule has 0 atom stereocenters. The molecule has 1 amide bonds. The smallest absolute Gasteiger partial charge is 0.271 e. The zero-order valence-corrected chi connectivity index (χ0v) is 13.4. The molecule has 116 valence electrons. The maximum Gasteiger partial charge on any atom is 0.271 e. The molecule has 0 aliphatic carbocycles. The topological polar surface area (TPSA) is 74.8 Å². The van der Waals surface area contributed by atoms with Gasteiger partial charge in [0.2, 0.25) is 0 Å². The molecular formula is C17H21N3O2. The van der Waals surface area contributed by atoms with Crippen molar-refractivity contribution in [2.75, 3.05) is 0 Å². The number of benzene rings is 1. The van der Waals surface area contributed by atoms with Crippen molar-refractivity contribution < 1.29 is 4.79 Å². The van der Waals surface area contributed by atoms with E-state index in [1.54, 1.807) is 0 Å². The highest BCUT2D eigenvalue weighted by molar-refractivity contribution is 5.91. The first kappa shape index (κ1) is 15.9. The Morgan fingerprint density at radius 1 is 1.23 bits per heavy atom. The second-order valence-corrected chi connectivity index (χ2v) is 6.38. The van der Waals surface area contributed by atoms with E-state index in [4.69, 9.17) is 0 Å². The number of carbonyl (C=O) groups excluding carboxylic acids is 1. The molecule has 22 heavy (non-hydrogen) atoms. The second-order valence-electron chi connectivity index (χ2n) is 6.38. The van der Waals surface area contributed by atoms with Crippen LogP contribution >= 0.6 is 0 Å². The summed E-state index contributed by atoms with van der Waals surface area (Å²) < 4.78 is 0. The van der Waals surface area contributed by atoms with Gasteiger partial charge in [-0.25, -0.2) is 5.10 Å². The molecule has 5 nitrogen and oxygen atoms in total. The van der Waals surface area contributed by atoms with Crippen molar-refractivity contribution in [1.29, 1.82) is 0 Å². The van der Waals surface area contributed by atoms with Gasteiger partial charge in [0.1, 0.15) is 5.69 Å². The lowest BCUT2D eigenvalue weighted by Crippen LogP contribution is -2.26. The van der Waals surface area contributed by atoms with Gasteiger partial charge in [-0.2, -0.15) is 5.10 Å². The number of rotatable bonds is 3. The zero-order valence-electron chi connectivity index (χ0n) is 13.4. The van der Waals surface area contributed by atoms with Gasteiger partial charge >= 0.3 is 0 Å². The van der Waals surface area contributed by atoms with Crippen LogP contribution in [0.4, 0.5) is 0 Å². The number of nitrogens with zero attached hydrogens (tertiary/aromatic N) is 1. The summed E-state index contributed by atoms with van der Waals surface area (Å²) in [5.74, 6) is -0.309. The van der Waals surface area contributed by atoms with Crippen LogP contribution in [0.3, 0.4) is 0 Å². The molecule has 0 radical (unpaired) electrons. The van der Waals surface area contributed by atoms with Crippen LogP contribution in [0, 0.1) is 6.92 Å². The Balaban J connectivity index is 2.12. The highest BCUT2D eigenvalue weighted by Crippen LogP contribution is 2.24. The summed E-state index contributed by atoms with van der Waals surface area (Å²) in [5, 5.41) is 8.80. The van der Waals surface area contributed by atoms with E-state index in [0.29, 0.717) is 6.54 Å². The van der Waals surface area contributed by atoms with Crippen molar-refractivity contribution in [3.05, 3.63) is 63.1 Å². The van der Waals surface area contributed by atoms with Gasteiger partial charge in [-0.1, -0.05) is 39.0 Å². The first-order valence-corrected chi connectivity index (χ1v) is 7.21. The fourth-order valence-corrected chi connectivity index (χ4v) is 2.07. The Bertz CT molecular complexity index is 722. The lowest BCUT2D eigenvalue weighted by Gasteiger charge is -2.21. The van der Waals surface area contributed by atoms with Crippen LogP contribution in [0.5, 0.6) is 0 Å². The van der Waals surface area contributed by atoms with Gasteiger partial charge in [-0.05, 0) is 35.1 Å². The molecule has 1 heterocycles. The zero-order chi connectivity index (χ0) is 16.3. The lowest BCUT2D eigenvalue weighted by atomic mass is 9.85. The molecule has 2 rings (SSSR count). The number of nitrogens with one attached hydrogen (secondary N) is 2. The second kappa shape index (κ2) is 6.13. The maximum absolute atomic E-state index is 12.0. The third-order valence-electron chi connectivity index (χ3n) is 3.57. The van der Waals surface area contributed by atoms with Gasteiger partial charge in [0.25, 0.3) is 11.5 Å². The molecule has 0 saturated carbocycles. The number of hydrogen-bond donors (Lipinski definition) is 2. The fraction of sp³-hybridized carbons (Fsp3) is 0.353. The number of hydrogen-bond acceptors (Lipinski definition) is 3. The van der Waals surface area contributed by atoms with E-state index in [9.17, 15) is 9.59 Å². The minimum absolute atomic E-state index is 0.0624. The van der Waals surface area contributed by atoms with Crippen molar-refractivity contribution in [2.24, 2.45) is 0 Å². The molecule has 2 N–H and O–H groups in total.